The molecule has 3 saturated carbocycles. The molecule has 7 unspecified atom stereocenters. The summed E-state index contributed by atoms with van der Waals surface area (Å²) >= 11 is 0. The quantitative estimate of drug-likeness (QED) is 0.617. The van der Waals surface area contributed by atoms with Crippen LogP contribution in [0.1, 0.15) is 46.0 Å². The third-order valence-corrected chi connectivity index (χ3v) is 6.57. The van der Waals surface area contributed by atoms with Gasteiger partial charge in [-0.1, -0.05) is 20.3 Å². The number of hydrogen-bond donors (Lipinski definition) is 1. The molecule has 4 fully saturated rings. The molecule has 6 nitrogen and oxygen atoms in total. The van der Waals surface area contributed by atoms with Gasteiger partial charge in [-0.15, -0.1) is 0 Å². The Bertz CT molecular complexity index is 536. The van der Waals surface area contributed by atoms with E-state index in [4.69, 9.17) is 14.6 Å². The van der Waals surface area contributed by atoms with Crippen molar-refractivity contribution in [2.24, 2.45) is 29.6 Å². The van der Waals surface area contributed by atoms with Gasteiger partial charge in [0.2, 0.25) is 6.29 Å². The Hall–Kier alpha value is -1.30. The van der Waals surface area contributed by atoms with Crippen LogP contribution in [-0.4, -0.2) is 47.0 Å². The number of carboxylic acids is 1. The summed E-state index contributed by atoms with van der Waals surface area (Å²) in [5, 5.41) is 8.92. The zero-order chi connectivity index (χ0) is 17.0. The van der Waals surface area contributed by atoms with Gasteiger partial charge in [0.15, 0.2) is 6.04 Å². The van der Waals surface area contributed by atoms with E-state index in [0.717, 1.165) is 24.2 Å². The van der Waals surface area contributed by atoms with Gasteiger partial charge in [0, 0.05) is 5.92 Å². The Labute approximate surface area is 142 Å². The highest BCUT2D eigenvalue weighted by Crippen LogP contribution is 2.59. The molecule has 134 valence electrons. The first-order chi connectivity index (χ1) is 11.5. The van der Waals surface area contributed by atoms with Gasteiger partial charge in [0.1, 0.15) is 0 Å². The monoisotopic (exact) mass is 337 g/mol. The molecule has 0 radical (unpaired) electrons. The maximum atomic E-state index is 12.1. The first-order valence-electron chi connectivity index (χ1n) is 9.31. The summed E-state index contributed by atoms with van der Waals surface area (Å²) in [4.78, 5) is 24.2. The lowest BCUT2D eigenvalue weighted by Gasteiger charge is -2.34. The highest BCUT2D eigenvalue weighted by atomic mass is 16.7. The number of carbonyl (C=O) groups is 2. The van der Waals surface area contributed by atoms with Crippen LogP contribution in [-0.2, 0) is 14.3 Å². The van der Waals surface area contributed by atoms with Crippen LogP contribution >= 0.6 is 0 Å². The SMILES string of the molecule is CC(C)C(OC(=O)N1CC1C(=O)O)OC1CC2CC1C1CCCC21. The second-order valence-electron chi connectivity index (χ2n) is 8.33. The number of rotatable bonds is 5. The third kappa shape index (κ3) is 2.68. The molecule has 1 aliphatic heterocycles. The third-order valence-electron chi connectivity index (χ3n) is 6.57. The maximum Gasteiger partial charge on any atom is 0.412 e. The van der Waals surface area contributed by atoms with E-state index in [-0.39, 0.29) is 18.6 Å². The number of amides is 1. The van der Waals surface area contributed by atoms with Crippen LogP contribution in [0.4, 0.5) is 4.79 Å². The molecule has 0 spiro atoms. The Morgan fingerprint density at radius 1 is 1.12 bits per heavy atom. The summed E-state index contributed by atoms with van der Waals surface area (Å²) in [5.41, 5.74) is 0. The van der Waals surface area contributed by atoms with E-state index in [2.05, 4.69) is 0 Å². The molecule has 1 amide bonds. The van der Waals surface area contributed by atoms with Crippen molar-refractivity contribution in [2.45, 2.75) is 64.4 Å². The molecule has 3 aliphatic carbocycles. The molecule has 2 bridgehead atoms. The van der Waals surface area contributed by atoms with Gasteiger partial charge in [-0.3, -0.25) is 4.90 Å². The Morgan fingerprint density at radius 2 is 1.88 bits per heavy atom. The van der Waals surface area contributed by atoms with Gasteiger partial charge < -0.3 is 14.6 Å². The summed E-state index contributed by atoms with van der Waals surface area (Å²) in [5.74, 6) is 2.20. The fraction of sp³-hybridized carbons (Fsp3) is 0.889. The highest BCUT2D eigenvalue weighted by Gasteiger charge is 2.55. The van der Waals surface area contributed by atoms with Gasteiger partial charge >= 0.3 is 12.1 Å². The second kappa shape index (κ2) is 5.90. The van der Waals surface area contributed by atoms with E-state index in [1.807, 2.05) is 13.8 Å². The van der Waals surface area contributed by atoms with Crippen molar-refractivity contribution in [3.05, 3.63) is 0 Å². The average molecular weight is 337 g/mol. The van der Waals surface area contributed by atoms with Crippen molar-refractivity contribution in [3.63, 3.8) is 0 Å². The molecule has 7 atom stereocenters. The lowest BCUT2D eigenvalue weighted by Crippen LogP contribution is -2.38. The largest absolute Gasteiger partial charge is 0.480 e. The van der Waals surface area contributed by atoms with E-state index in [0.29, 0.717) is 5.92 Å². The van der Waals surface area contributed by atoms with Gasteiger partial charge in [-0.05, 0) is 49.4 Å². The van der Waals surface area contributed by atoms with Gasteiger partial charge in [0.25, 0.3) is 0 Å². The maximum absolute atomic E-state index is 12.1. The minimum Gasteiger partial charge on any atom is -0.480 e. The zero-order valence-corrected chi connectivity index (χ0v) is 14.4. The molecule has 24 heavy (non-hydrogen) atoms. The Morgan fingerprint density at radius 3 is 2.54 bits per heavy atom. The summed E-state index contributed by atoms with van der Waals surface area (Å²) in [6, 6.07) is -0.730. The molecule has 1 heterocycles. The second-order valence-corrected chi connectivity index (χ2v) is 8.33. The fourth-order valence-electron chi connectivity index (χ4n) is 5.37. The van der Waals surface area contributed by atoms with Crippen LogP contribution in [0.2, 0.25) is 0 Å². The van der Waals surface area contributed by atoms with Crippen LogP contribution < -0.4 is 0 Å². The lowest BCUT2D eigenvalue weighted by atomic mass is 9.80. The molecule has 0 aromatic rings. The van der Waals surface area contributed by atoms with Crippen LogP contribution in [0.5, 0.6) is 0 Å². The molecule has 0 aromatic carbocycles. The zero-order valence-electron chi connectivity index (χ0n) is 14.4. The van der Waals surface area contributed by atoms with Crippen LogP contribution in [0.15, 0.2) is 0 Å². The van der Waals surface area contributed by atoms with Crippen molar-refractivity contribution < 1.29 is 24.2 Å². The van der Waals surface area contributed by atoms with Crippen LogP contribution in [0, 0.1) is 29.6 Å². The molecule has 1 saturated heterocycles. The molecule has 0 aromatic heterocycles. The smallest absolute Gasteiger partial charge is 0.412 e. The van der Waals surface area contributed by atoms with Crippen molar-refractivity contribution >= 4 is 12.1 Å². The Balaban J connectivity index is 1.35. The standard InChI is InChI=1S/C18H27NO5/c1-9(2)17(24-18(22)19-8-14(19)16(20)21)23-15-7-10-6-13(15)12-5-3-4-11(10)12/h9-15,17H,3-8H2,1-2H3,(H,20,21). The summed E-state index contributed by atoms with van der Waals surface area (Å²) in [6.07, 6.45) is 5.46. The molecular weight excluding hydrogens is 310 g/mol. The number of ether oxygens (including phenoxy) is 2. The van der Waals surface area contributed by atoms with E-state index < -0.39 is 24.4 Å². The average Bonchev–Trinajstić information content (AvgIpc) is 2.87. The highest BCUT2D eigenvalue weighted by molar-refractivity contribution is 5.85. The lowest BCUT2D eigenvalue weighted by molar-refractivity contribution is -0.179. The predicted octanol–water partition coefficient (Wildman–Crippen LogP) is 2.72. The van der Waals surface area contributed by atoms with Crippen molar-refractivity contribution in [2.75, 3.05) is 6.54 Å². The number of hydrogen-bond acceptors (Lipinski definition) is 4. The molecular formula is C18H27NO5. The number of nitrogens with zero attached hydrogens (tertiary/aromatic N) is 1. The summed E-state index contributed by atoms with van der Waals surface area (Å²) in [6.45, 7) is 4.18. The Kier molecular flexibility index (Phi) is 3.98. The number of fused-ring (bicyclic) bond motifs is 5. The van der Waals surface area contributed by atoms with E-state index in [1.54, 1.807) is 0 Å². The topological polar surface area (TPSA) is 75.8 Å². The number of carboxylic acid groups (broad SMARTS) is 1. The first kappa shape index (κ1) is 16.2. The molecule has 4 aliphatic rings. The number of aliphatic carboxylic acids is 1. The molecule has 1 N–H and O–H groups in total. The fourth-order valence-corrected chi connectivity index (χ4v) is 5.37. The minimum atomic E-state index is -0.977. The van der Waals surface area contributed by atoms with Crippen molar-refractivity contribution in [1.29, 1.82) is 0 Å². The van der Waals surface area contributed by atoms with Gasteiger partial charge in [-0.25, -0.2) is 9.59 Å². The van der Waals surface area contributed by atoms with Gasteiger partial charge in [-0.2, -0.15) is 0 Å². The van der Waals surface area contributed by atoms with Crippen LogP contribution in [0.25, 0.3) is 0 Å². The minimum absolute atomic E-state index is 0.0516. The summed E-state index contributed by atoms with van der Waals surface area (Å²) in [7, 11) is 0. The van der Waals surface area contributed by atoms with Crippen LogP contribution in [0.3, 0.4) is 0 Å². The van der Waals surface area contributed by atoms with Crippen molar-refractivity contribution in [1.82, 2.24) is 4.90 Å². The molecule has 6 heteroatoms. The van der Waals surface area contributed by atoms with E-state index in [1.165, 1.54) is 30.6 Å². The predicted molar refractivity (Wildman–Crippen MR) is 85.2 cm³/mol. The number of carbonyl (C=O) groups excluding carboxylic acids is 1. The van der Waals surface area contributed by atoms with Crippen molar-refractivity contribution in [3.8, 4) is 0 Å². The van der Waals surface area contributed by atoms with E-state index in [9.17, 15) is 9.59 Å². The van der Waals surface area contributed by atoms with Gasteiger partial charge in [0.05, 0.1) is 12.6 Å². The normalized spacial score (nSPS) is 40.7. The molecule has 4 rings (SSSR count). The first-order valence-corrected chi connectivity index (χ1v) is 9.31. The van der Waals surface area contributed by atoms with E-state index >= 15 is 0 Å². The summed E-state index contributed by atoms with van der Waals surface area (Å²) < 4.78 is 11.7.